The summed E-state index contributed by atoms with van der Waals surface area (Å²) in [6.07, 6.45) is 9.70. The second-order valence-electron chi connectivity index (χ2n) is 7.26. The summed E-state index contributed by atoms with van der Waals surface area (Å²) in [7, 11) is 0. The van der Waals surface area contributed by atoms with Crippen LogP contribution in [0.15, 0.2) is 43.0 Å². The van der Waals surface area contributed by atoms with E-state index in [1.807, 2.05) is 19.2 Å². The predicted molar refractivity (Wildman–Crippen MR) is 112 cm³/mol. The summed E-state index contributed by atoms with van der Waals surface area (Å²) >= 11 is 0. The van der Waals surface area contributed by atoms with Crippen LogP contribution in [0.3, 0.4) is 0 Å². The summed E-state index contributed by atoms with van der Waals surface area (Å²) in [6, 6.07) is 7.21. The molecule has 0 aliphatic heterocycles. The molecular weight excluding hydrogens is 382 g/mol. The van der Waals surface area contributed by atoms with Gasteiger partial charge in [0, 0.05) is 37.6 Å². The van der Waals surface area contributed by atoms with Gasteiger partial charge >= 0.3 is 0 Å². The fourth-order valence-electron chi connectivity index (χ4n) is 3.34. The molecule has 9 heteroatoms. The second kappa shape index (κ2) is 9.34. The first-order chi connectivity index (χ1) is 14.7. The van der Waals surface area contributed by atoms with Crippen molar-refractivity contribution in [2.24, 2.45) is 0 Å². The van der Waals surface area contributed by atoms with Gasteiger partial charge < -0.3 is 15.4 Å². The van der Waals surface area contributed by atoms with Crippen molar-refractivity contribution in [3.8, 4) is 11.7 Å². The van der Waals surface area contributed by atoms with E-state index < -0.39 is 0 Å². The zero-order valence-corrected chi connectivity index (χ0v) is 16.9. The average molecular weight is 407 g/mol. The molecule has 30 heavy (non-hydrogen) atoms. The van der Waals surface area contributed by atoms with Crippen LogP contribution in [0.2, 0.25) is 0 Å². The molecule has 1 saturated carbocycles. The van der Waals surface area contributed by atoms with Gasteiger partial charge in [-0.15, -0.1) is 0 Å². The van der Waals surface area contributed by atoms with Gasteiger partial charge in [0.05, 0.1) is 11.3 Å². The van der Waals surface area contributed by atoms with Crippen molar-refractivity contribution in [2.45, 2.75) is 38.7 Å². The van der Waals surface area contributed by atoms with E-state index >= 15 is 0 Å². The molecule has 2 N–H and O–H groups in total. The minimum Gasteiger partial charge on any atom is -0.474 e. The summed E-state index contributed by atoms with van der Waals surface area (Å²) in [5.74, 6) is 1.74. The summed E-state index contributed by atoms with van der Waals surface area (Å²) in [4.78, 5) is 25.0. The van der Waals surface area contributed by atoms with Crippen molar-refractivity contribution in [3.05, 3.63) is 54.2 Å². The molecule has 0 radical (unpaired) electrons. The van der Waals surface area contributed by atoms with Crippen LogP contribution in [0.1, 0.15) is 41.7 Å². The van der Waals surface area contributed by atoms with E-state index in [2.05, 4.69) is 30.7 Å². The molecular formula is C21H25N7O2. The molecule has 1 amide bonds. The van der Waals surface area contributed by atoms with Gasteiger partial charge in [-0.1, -0.05) is 0 Å². The van der Waals surface area contributed by atoms with Gasteiger partial charge in [0.2, 0.25) is 5.88 Å². The van der Waals surface area contributed by atoms with E-state index in [-0.39, 0.29) is 12.0 Å². The maximum Gasteiger partial charge on any atom is 0.252 e. The third kappa shape index (κ3) is 5.11. The first kappa shape index (κ1) is 19.8. The average Bonchev–Trinajstić information content (AvgIpc) is 3.44. The first-order valence-electron chi connectivity index (χ1n) is 10.2. The Morgan fingerprint density at radius 1 is 1.17 bits per heavy atom. The molecule has 9 nitrogen and oxygen atoms in total. The maximum absolute atomic E-state index is 12.3. The predicted octanol–water partition coefficient (Wildman–Crippen LogP) is 2.53. The van der Waals surface area contributed by atoms with Crippen LogP contribution < -0.4 is 15.4 Å². The number of nitrogens with zero attached hydrogens (tertiary/aromatic N) is 5. The molecule has 0 spiro atoms. The van der Waals surface area contributed by atoms with Crippen molar-refractivity contribution in [3.63, 3.8) is 0 Å². The van der Waals surface area contributed by atoms with Crippen LogP contribution >= 0.6 is 0 Å². The Hall–Kier alpha value is -3.49. The SMILES string of the molecule is Cc1ccn(-c2cc(NCCNC(=O)c3ccc(OC4CCCC4)nc3)ncn2)n1. The van der Waals surface area contributed by atoms with Gasteiger partial charge in [0.15, 0.2) is 5.82 Å². The number of amides is 1. The third-order valence-corrected chi connectivity index (χ3v) is 4.91. The summed E-state index contributed by atoms with van der Waals surface area (Å²) < 4.78 is 7.52. The lowest BCUT2D eigenvalue weighted by molar-refractivity contribution is 0.0954. The minimum atomic E-state index is -0.174. The Kier molecular flexibility index (Phi) is 6.17. The number of aryl methyl sites for hydroxylation is 1. The first-order valence-corrected chi connectivity index (χ1v) is 10.2. The highest BCUT2D eigenvalue weighted by molar-refractivity contribution is 5.93. The van der Waals surface area contributed by atoms with E-state index in [0.717, 1.165) is 18.5 Å². The molecule has 4 rings (SSSR count). The molecule has 0 saturated heterocycles. The van der Waals surface area contributed by atoms with E-state index in [9.17, 15) is 4.79 Å². The molecule has 0 aromatic carbocycles. The molecule has 1 fully saturated rings. The van der Waals surface area contributed by atoms with E-state index in [0.29, 0.717) is 36.2 Å². The Bertz CT molecular complexity index is 981. The summed E-state index contributed by atoms with van der Waals surface area (Å²) in [5, 5.41) is 10.4. The normalized spacial score (nSPS) is 13.9. The van der Waals surface area contributed by atoms with Crippen LogP contribution in [0.4, 0.5) is 5.82 Å². The molecule has 156 valence electrons. The van der Waals surface area contributed by atoms with Crippen LogP contribution in [-0.2, 0) is 0 Å². The van der Waals surface area contributed by atoms with Crippen LogP contribution in [0.5, 0.6) is 5.88 Å². The molecule has 1 aliphatic rings. The number of carbonyl (C=O) groups is 1. The number of hydrogen-bond acceptors (Lipinski definition) is 7. The zero-order chi connectivity index (χ0) is 20.8. The van der Waals surface area contributed by atoms with Gasteiger partial charge in [0.25, 0.3) is 5.91 Å². The Labute approximate surface area is 174 Å². The Morgan fingerprint density at radius 2 is 2.03 bits per heavy atom. The van der Waals surface area contributed by atoms with Crippen LogP contribution in [0, 0.1) is 6.92 Å². The lowest BCUT2D eigenvalue weighted by Gasteiger charge is -2.12. The highest BCUT2D eigenvalue weighted by Gasteiger charge is 2.17. The van der Waals surface area contributed by atoms with Crippen molar-refractivity contribution >= 4 is 11.7 Å². The van der Waals surface area contributed by atoms with Gasteiger partial charge in [-0.2, -0.15) is 5.10 Å². The van der Waals surface area contributed by atoms with E-state index in [4.69, 9.17) is 4.74 Å². The number of carbonyl (C=O) groups excluding carboxylic acids is 1. The molecule has 0 atom stereocenters. The smallest absolute Gasteiger partial charge is 0.252 e. The lowest BCUT2D eigenvalue weighted by atomic mass is 10.2. The van der Waals surface area contributed by atoms with Crippen molar-refractivity contribution in [2.75, 3.05) is 18.4 Å². The molecule has 3 aromatic rings. The monoisotopic (exact) mass is 407 g/mol. The standard InChI is InChI=1S/C21H25N7O2/c1-15-8-11-28(27-15)19-12-18(25-14-26-19)22-9-10-23-21(29)16-6-7-20(24-13-16)30-17-4-2-3-5-17/h6-8,11-14,17H,2-5,9-10H2,1H3,(H,23,29)(H,22,25,26). The molecule has 3 aromatic heterocycles. The van der Waals surface area contributed by atoms with Gasteiger partial charge in [0.1, 0.15) is 18.2 Å². The molecule has 1 aliphatic carbocycles. The minimum absolute atomic E-state index is 0.174. The fraction of sp³-hybridized carbons (Fsp3) is 0.381. The van der Waals surface area contributed by atoms with Crippen molar-refractivity contribution in [1.29, 1.82) is 0 Å². The zero-order valence-electron chi connectivity index (χ0n) is 16.9. The molecule has 0 bridgehead atoms. The maximum atomic E-state index is 12.3. The number of ether oxygens (including phenoxy) is 1. The highest BCUT2D eigenvalue weighted by Crippen LogP contribution is 2.22. The number of nitrogens with one attached hydrogen (secondary N) is 2. The Balaban J connectivity index is 1.23. The van der Waals surface area contributed by atoms with Gasteiger partial charge in [-0.25, -0.2) is 19.6 Å². The number of hydrogen-bond donors (Lipinski definition) is 2. The Morgan fingerprint density at radius 3 is 2.77 bits per heavy atom. The van der Waals surface area contributed by atoms with Crippen LogP contribution in [0.25, 0.3) is 5.82 Å². The van der Waals surface area contributed by atoms with Gasteiger partial charge in [-0.3, -0.25) is 4.79 Å². The number of anilines is 1. The third-order valence-electron chi connectivity index (χ3n) is 4.91. The topological polar surface area (TPSA) is 107 Å². The summed E-state index contributed by atoms with van der Waals surface area (Å²) in [5.41, 5.74) is 1.42. The number of pyridine rings is 1. The second-order valence-corrected chi connectivity index (χ2v) is 7.26. The molecule has 0 unspecified atom stereocenters. The van der Waals surface area contributed by atoms with E-state index in [1.54, 1.807) is 29.1 Å². The van der Waals surface area contributed by atoms with Crippen molar-refractivity contribution < 1.29 is 9.53 Å². The highest BCUT2D eigenvalue weighted by atomic mass is 16.5. The van der Waals surface area contributed by atoms with Crippen LogP contribution in [-0.4, -0.2) is 49.8 Å². The quantitative estimate of drug-likeness (QED) is 0.553. The molecule has 3 heterocycles. The largest absolute Gasteiger partial charge is 0.474 e. The number of aromatic nitrogens is 5. The number of rotatable bonds is 8. The van der Waals surface area contributed by atoms with E-state index in [1.165, 1.54) is 19.2 Å². The fourth-order valence-corrected chi connectivity index (χ4v) is 3.34. The van der Waals surface area contributed by atoms with Crippen molar-refractivity contribution in [1.82, 2.24) is 30.0 Å². The lowest BCUT2D eigenvalue weighted by Crippen LogP contribution is -2.29. The van der Waals surface area contributed by atoms with Gasteiger partial charge in [-0.05, 0) is 44.7 Å². The summed E-state index contributed by atoms with van der Waals surface area (Å²) in [6.45, 7) is 2.89.